The average molecular weight is 386 g/mol. The van der Waals surface area contributed by atoms with Gasteiger partial charge in [-0.2, -0.15) is 4.31 Å². The molecule has 8 heteroatoms. The lowest BCUT2D eigenvalue weighted by Crippen LogP contribution is -2.39. The predicted molar refractivity (Wildman–Crippen MR) is 101 cm³/mol. The first-order chi connectivity index (χ1) is 13.0. The molecule has 0 radical (unpaired) electrons. The molecule has 4 rings (SSSR count). The molecule has 2 aromatic carbocycles. The van der Waals surface area contributed by atoms with E-state index in [-0.39, 0.29) is 4.90 Å². The molecule has 2 heterocycles. The molecular formula is C19H22N4O3S. The van der Waals surface area contributed by atoms with Crippen molar-refractivity contribution in [1.82, 2.24) is 19.5 Å². The molecule has 0 saturated carbocycles. The first-order valence-electron chi connectivity index (χ1n) is 9.07. The summed E-state index contributed by atoms with van der Waals surface area (Å²) in [4.78, 5) is 7.25. The van der Waals surface area contributed by atoms with Crippen LogP contribution in [0.2, 0.25) is 0 Å². The van der Waals surface area contributed by atoms with Crippen molar-refractivity contribution in [2.24, 2.45) is 5.92 Å². The molecule has 1 atom stereocenters. The van der Waals surface area contributed by atoms with Gasteiger partial charge in [0.05, 0.1) is 4.90 Å². The molecule has 1 unspecified atom stereocenters. The van der Waals surface area contributed by atoms with Gasteiger partial charge in [0, 0.05) is 13.1 Å². The molecule has 3 aromatic rings. The van der Waals surface area contributed by atoms with Crippen molar-refractivity contribution in [2.45, 2.75) is 31.3 Å². The van der Waals surface area contributed by atoms with E-state index in [9.17, 15) is 8.42 Å². The van der Waals surface area contributed by atoms with E-state index < -0.39 is 10.0 Å². The highest BCUT2D eigenvalue weighted by molar-refractivity contribution is 7.89. The third kappa shape index (κ3) is 3.68. The van der Waals surface area contributed by atoms with Crippen LogP contribution in [-0.4, -0.2) is 41.0 Å². The summed E-state index contributed by atoms with van der Waals surface area (Å²) in [5.41, 5.74) is 2.12. The van der Waals surface area contributed by atoms with Crippen molar-refractivity contribution >= 4 is 21.1 Å². The number of hydrogen-bond acceptors (Lipinski definition) is 5. The molecule has 7 nitrogen and oxygen atoms in total. The largest absolute Gasteiger partial charge is 0.390 e. The van der Waals surface area contributed by atoms with Crippen LogP contribution in [0.4, 0.5) is 0 Å². The summed E-state index contributed by atoms with van der Waals surface area (Å²) in [7, 11) is -3.54. The van der Waals surface area contributed by atoms with Crippen LogP contribution in [0.3, 0.4) is 0 Å². The molecule has 142 valence electrons. The molecule has 1 saturated heterocycles. The van der Waals surface area contributed by atoms with Gasteiger partial charge in [0.15, 0.2) is 0 Å². The molecule has 1 aliphatic heterocycles. The van der Waals surface area contributed by atoms with Gasteiger partial charge in [-0.3, -0.25) is 0 Å². The van der Waals surface area contributed by atoms with E-state index >= 15 is 0 Å². The summed E-state index contributed by atoms with van der Waals surface area (Å²) in [5.74, 6) is 0.374. The number of piperidine rings is 1. The Hall–Kier alpha value is -2.45. The lowest BCUT2D eigenvalue weighted by molar-refractivity contribution is 0.0751. The molecule has 0 aliphatic carbocycles. The monoisotopic (exact) mass is 386 g/mol. The lowest BCUT2D eigenvalue weighted by atomic mass is 10.0. The highest BCUT2D eigenvalue weighted by atomic mass is 32.2. The normalized spacial score (nSPS) is 18.6. The summed E-state index contributed by atoms with van der Waals surface area (Å²) in [6.07, 6.45) is 1.96. The Kier molecular flexibility index (Phi) is 4.84. The number of hydrogen-bond donors (Lipinski definition) is 0. The third-order valence-electron chi connectivity index (χ3n) is 4.84. The first-order valence-corrected chi connectivity index (χ1v) is 10.5. The molecule has 0 N–H and O–H groups in total. The lowest BCUT2D eigenvalue weighted by Gasteiger charge is -2.30. The van der Waals surface area contributed by atoms with E-state index in [0.717, 1.165) is 18.4 Å². The molecule has 1 aliphatic rings. The zero-order valence-electron chi connectivity index (χ0n) is 15.2. The van der Waals surface area contributed by atoms with Gasteiger partial charge in [0.25, 0.3) is 0 Å². The summed E-state index contributed by atoms with van der Waals surface area (Å²) < 4.78 is 27.6. The second kappa shape index (κ2) is 7.28. The summed E-state index contributed by atoms with van der Waals surface area (Å²) >= 11 is 0. The van der Waals surface area contributed by atoms with Crippen LogP contribution in [0.5, 0.6) is 0 Å². The van der Waals surface area contributed by atoms with Crippen LogP contribution in [-0.2, 0) is 16.6 Å². The second-order valence-corrected chi connectivity index (χ2v) is 8.92. The van der Waals surface area contributed by atoms with Gasteiger partial charge in [-0.25, -0.2) is 8.42 Å². The minimum atomic E-state index is -3.54. The molecule has 0 amide bonds. The van der Waals surface area contributed by atoms with Crippen molar-refractivity contribution in [3.63, 3.8) is 0 Å². The minimum Gasteiger partial charge on any atom is -0.390 e. The zero-order valence-corrected chi connectivity index (χ0v) is 16.0. The SMILES string of the molecule is CC1CCCN(S(=O)(=O)c2ccc3nnn(OCc4ccccc4)c3c2)C1. The maximum absolute atomic E-state index is 13.0. The van der Waals surface area contributed by atoms with Crippen LogP contribution in [0.1, 0.15) is 25.3 Å². The van der Waals surface area contributed by atoms with Gasteiger partial charge in [0.1, 0.15) is 17.6 Å². The van der Waals surface area contributed by atoms with E-state index in [4.69, 9.17) is 4.84 Å². The molecule has 1 fully saturated rings. The minimum absolute atomic E-state index is 0.246. The Morgan fingerprint density at radius 2 is 2.00 bits per heavy atom. The number of sulfonamides is 1. The van der Waals surface area contributed by atoms with Crippen molar-refractivity contribution in [3.8, 4) is 0 Å². The van der Waals surface area contributed by atoms with Gasteiger partial charge in [-0.1, -0.05) is 42.1 Å². The Morgan fingerprint density at radius 3 is 2.78 bits per heavy atom. The fourth-order valence-electron chi connectivity index (χ4n) is 3.36. The number of benzene rings is 2. The number of fused-ring (bicyclic) bond motifs is 1. The quantitative estimate of drug-likeness (QED) is 0.673. The Labute approximate surface area is 158 Å². The highest BCUT2D eigenvalue weighted by Crippen LogP contribution is 2.25. The third-order valence-corrected chi connectivity index (χ3v) is 6.70. The maximum Gasteiger partial charge on any atom is 0.243 e. The maximum atomic E-state index is 13.0. The smallest absolute Gasteiger partial charge is 0.243 e. The Bertz CT molecular complexity index is 1030. The van der Waals surface area contributed by atoms with Gasteiger partial charge in [0.2, 0.25) is 10.0 Å². The van der Waals surface area contributed by atoms with Gasteiger partial charge >= 0.3 is 0 Å². The van der Waals surface area contributed by atoms with E-state index in [1.807, 2.05) is 30.3 Å². The van der Waals surface area contributed by atoms with Crippen LogP contribution < -0.4 is 4.84 Å². The second-order valence-electron chi connectivity index (χ2n) is 6.98. The average Bonchev–Trinajstić information content (AvgIpc) is 3.09. The van der Waals surface area contributed by atoms with Crippen molar-refractivity contribution in [1.29, 1.82) is 0 Å². The first kappa shape index (κ1) is 17.9. The predicted octanol–water partition coefficient (Wildman–Crippen LogP) is 2.48. The number of nitrogens with zero attached hydrogens (tertiary/aromatic N) is 4. The van der Waals surface area contributed by atoms with Crippen LogP contribution >= 0.6 is 0 Å². The van der Waals surface area contributed by atoms with Gasteiger partial charge in [-0.05, 0) is 47.7 Å². The summed E-state index contributed by atoms with van der Waals surface area (Å²) in [6, 6.07) is 14.6. The van der Waals surface area contributed by atoms with Gasteiger partial charge in [-0.15, -0.1) is 5.10 Å². The zero-order chi connectivity index (χ0) is 18.9. The van der Waals surface area contributed by atoms with Crippen LogP contribution in [0.25, 0.3) is 11.0 Å². The fourth-order valence-corrected chi connectivity index (χ4v) is 4.98. The molecular weight excluding hydrogens is 364 g/mol. The Balaban J connectivity index is 1.61. The molecule has 1 aromatic heterocycles. The van der Waals surface area contributed by atoms with E-state index in [0.29, 0.717) is 36.6 Å². The van der Waals surface area contributed by atoms with Crippen molar-refractivity contribution in [2.75, 3.05) is 13.1 Å². The van der Waals surface area contributed by atoms with Crippen molar-refractivity contribution in [3.05, 3.63) is 54.1 Å². The molecule has 0 spiro atoms. The van der Waals surface area contributed by atoms with Crippen LogP contribution in [0, 0.1) is 5.92 Å². The Morgan fingerprint density at radius 1 is 1.19 bits per heavy atom. The standard InChI is InChI=1S/C19H22N4O3S/c1-15-6-5-11-22(13-15)27(24,25)17-9-10-18-19(12-17)23(21-20-18)26-14-16-7-3-2-4-8-16/h2-4,7-10,12,15H,5-6,11,13-14H2,1H3. The highest BCUT2D eigenvalue weighted by Gasteiger charge is 2.29. The van der Waals surface area contributed by atoms with Crippen molar-refractivity contribution < 1.29 is 13.3 Å². The number of aromatic nitrogens is 3. The van der Waals surface area contributed by atoms with E-state index in [2.05, 4.69) is 17.2 Å². The summed E-state index contributed by atoms with van der Waals surface area (Å²) in [6.45, 7) is 3.52. The summed E-state index contributed by atoms with van der Waals surface area (Å²) in [5, 5.41) is 8.05. The van der Waals surface area contributed by atoms with Crippen LogP contribution in [0.15, 0.2) is 53.4 Å². The van der Waals surface area contributed by atoms with Gasteiger partial charge < -0.3 is 4.84 Å². The molecule has 27 heavy (non-hydrogen) atoms. The van der Waals surface area contributed by atoms with E-state index in [1.165, 1.54) is 4.85 Å². The number of rotatable bonds is 5. The molecule has 0 bridgehead atoms. The fraction of sp³-hybridized carbons (Fsp3) is 0.368. The van der Waals surface area contributed by atoms with E-state index in [1.54, 1.807) is 22.5 Å². The topological polar surface area (TPSA) is 77.3 Å².